The van der Waals surface area contributed by atoms with E-state index in [9.17, 15) is 5.26 Å². The lowest BCUT2D eigenvalue weighted by Crippen LogP contribution is -2.19. The quantitative estimate of drug-likeness (QED) is 0.772. The van der Waals surface area contributed by atoms with E-state index in [0.717, 1.165) is 10.9 Å². The molecule has 0 aromatic heterocycles. The number of nitrogens with zero attached hydrogens (tertiary/aromatic N) is 1. The van der Waals surface area contributed by atoms with Crippen LogP contribution in [0.5, 0.6) is 0 Å². The lowest BCUT2D eigenvalue weighted by Gasteiger charge is -2.13. The van der Waals surface area contributed by atoms with Gasteiger partial charge < -0.3 is 0 Å². The zero-order valence-electron chi connectivity index (χ0n) is 11.7. The van der Waals surface area contributed by atoms with Crippen molar-refractivity contribution in [1.29, 1.82) is 5.26 Å². The molecule has 2 nitrogen and oxygen atoms in total. The molecule has 1 N–H and O–H groups in total. The predicted molar refractivity (Wildman–Crippen MR) is 85.6 cm³/mol. The summed E-state index contributed by atoms with van der Waals surface area (Å²) in [6, 6.07) is 26.5. The first-order valence-corrected chi connectivity index (χ1v) is 7.02. The van der Waals surface area contributed by atoms with Gasteiger partial charge in [0.1, 0.15) is 6.04 Å². The van der Waals surface area contributed by atoms with Gasteiger partial charge in [0.15, 0.2) is 0 Å². The third kappa shape index (κ3) is 3.10. The molecule has 0 amide bonds. The second-order valence-corrected chi connectivity index (χ2v) is 5.04. The zero-order valence-corrected chi connectivity index (χ0v) is 11.7. The van der Waals surface area contributed by atoms with Gasteiger partial charge in [-0.3, -0.25) is 5.32 Å². The first-order chi connectivity index (χ1) is 10.4. The summed E-state index contributed by atoms with van der Waals surface area (Å²) in [5.41, 5.74) is 2.19. The standard InChI is InChI=1S/C19H16N2/c20-13-19(21-14-15-6-2-1-3-7-15)18-11-10-16-8-4-5-9-17(16)12-18/h1-12,19,21H,14H2. The smallest absolute Gasteiger partial charge is 0.121 e. The van der Waals surface area contributed by atoms with Gasteiger partial charge in [0, 0.05) is 6.54 Å². The normalized spacial score (nSPS) is 12.0. The number of hydrogen-bond acceptors (Lipinski definition) is 2. The van der Waals surface area contributed by atoms with Crippen LogP contribution < -0.4 is 5.32 Å². The molecule has 3 aromatic carbocycles. The van der Waals surface area contributed by atoms with Crippen molar-refractivity contribution in [3.05, 3.63) is 83.9 Å². The summed E-state index contributed by atoms with van der Waals surface area (Å²) in [5.74, 6) is 0. The number of nitriles is 1. The summed E-state index contributed by atoms with van der Waals surface area (Å²) in [6.45, 7) is 0.686. The molecule has 3 rings (SSSR count). The van der Waals surface area contributed by atoms with Crippen LogP contribution >= 0.6 is 0 Å². The monoisotopic (exact) mass is 272 g/mol. The first-order valence-electron chi connectivity index (χ1n) is 7.02. The van der Waals surface area contributed by atoms with E-state index in [2.05, 4.69) is 47.8 Å². The summed E-state index contributed by atoms with van der Waals surface area (Å²) in [4.78, 5) is 0. The predicted octanol–water partition coefficient (Wildman–Crippen LogP) is 4.19. The lowest BCUT2D eigenvalue weighted by molar-refractivity contribution is 0.631. The number of benzene rings is 3. The highest BCUT2D eigenvalue weighted by Gasteiger charge is 2.10. The van der Waals surface area contributed by atoms with E-state index in [0.29, 0.717) is 6.54 Å². The van der Waals surface area contributed by atoms with E-state index in [1.165, 1.54) is 10.9 Å². The van der Waals surface area contributed by atoms with E-state index in [-0.39, 0.29) is 6.04 Å². The van der Waals surface area contributed by atoms with Crippen LogP contribution in [-0.4, -0.2) is 0 Å². The molecule has 0 aliphatic rings. The Hall–Kier alpha value is -2.63. The Kier molecular flexibility index (Phi) is 3.95. The van der Waals surface area contributed by atoms with Crippen molar-refractivity contribution in [1.82, 2.24) is 5.32 Å². The van der Waals surface area contributed by atoms with E-state index in [1.807, 2.05) is 36.4 Å². The Balaban J connectivity index is 1.80. The molecule has 0 aliphatic heterocycles. The molecule has 1 unspecified atom stereocenters. The van der Waals surface area contributed by atoms with Gasteiger partial charge in [0.05, 0.1) is 6.07 Å². The van der Waals surface area contributed by atoms with E-state index >= 15 is 0 Å². The third-order valence-electron chi connectivity index (χ3n) is 3.59. The molecule has 0 bridgehead atoms. The van der Waals surface area contributed by atoms with Crippen molar-refractivity contribution in [3.8, 4) is 6.07 Å². The zero-order chi connectivity index (χ0) is 14.5. The highest BCUT2D eigenvalue weighted by atomic mass is 14.9. The van der Waals surface area contributed by atoms with Crippen molar-refractivity contribution < 1.29 is 0 Å². The summed E-state index contributed by atoms with van der Waals surface area (Å²) in [6.07, 6.45) is 0. The molecule has 0 aliphatic carbocycles. The molecule has 0 spiro atoms. The molecule has 0 heterocycles. The molecule has 102 valence electrons. The minimum absolute atomic E-state index is 0.296. The largest absolute Gasteiger partial charge is 0.294 e. The molecule has 0 saturated carbocycles. The number of nitrogens with one attached hydrogen (secondary N) is 1. The van der Waals surface area contributed by atoms with Gasteiger partial charge in [-0.1, -0.05) is 66.7 Å². The van der Waals surface area contributed by atoms with Gasteiger partial charge in [-0.15, -0.1) is 0 Å². The molecule has 21 heavy (non-hydrogen) atoms. The van der Waals surface area contributed by atoms with E-state index in [1.54, 1.807) is 0 Å². The summed E-state index contributed by atoms with van der Waals surface area (Å²) >= 11 is 0. The van der Waals surface area contributed by atoms with Crippen LogP contribution in [0.1, 0.15) is 17.2 Å². The molecule has 0 saturated heterocycles. The molecule has 0 radical (unpaired) electrons. The maximum atomic E-state index is 9.42. The van der Waals surface area contributed by atoms with Gasteiger partial charge in [-0.25, -0.2) is 0 Å². The maximum absolute atomic E-state index is 9.42. The SMILES string of the molecule is N#CC(NCc1ccccc1)c1ccc2ccccc2c1. The number of hydrogen-bond donors (Lipinski definition) is 1. The van der Waals surface area contributed by atoms with Crippen molar-refractivity contribution in [2.24, 2.45) is 0 Å². The van der Waals surface area contributed by atoms with Gasteiger partial charge in [-0.05, 0) is 28.0 Å². The van der Waals surface area contributed by atoms with Crippen LogP contribution in [0.4, 0.5) is 0 Å². The summed E-state index contributed by atoms with van der Waals surface area (Å²) < 4.78 is 0. The van der Waals surface area contributed by atoms with Gasteiger partial charge >= 0.3 is 0 Å². The molecular weight excluding hydrogens is 256 g/mol. The van der Waals surface area contributed by atoms with Crippen LogP contribution in [-0.2, 0) is 6.54 Å². The highest BCUT2D eigenvalue weighted by molar-refractivity contribution is 5.83. The topological polar surface area (TPSA) is 35.8 Å². The maximum Gasteiger partial charge on any atom is 0.121 e. The van der Waals surface area contributed by atoms with Crippen LogP contribution in [0.15, 0.2) is 72.8 Å². The summed E-state index contributed by atoms with van der Waals surface area (Å²) in [5, 5.41) is 15.1. The van der Waals surface area contributed by atoms with Crippen LogP contribution in [0.2, 0.25) is 0 Å². The fraction of sp³-hybridized carbons (Fsp3) is 0.105. The summed E-state index contributed by atoms with van der Waals surface area (Å²) in [7, 11) is 0. The first kappa shape index (κ1) is 13.4. The van der Waals surface area contributed by atoms with Crippen molar-refractivity contribution in [3.63, 3.8) is 0 Å². The number of rotatable bonds is 4. The Bertz CT molecular complexity index is 772. The van der Waals surface area contributed by atoms with Crippen molar-refractivity contribution in [2.45, 2.75) is 12.6 Å². The van der Waals surface area contributed by atoms with Crippen LogP contribution in [0.25, 0.3) is 10.8 Å². The fourth-order valence-electron chi connectivity index (χ4n) is 2.44. The van der Waals surface area contributed by atoms with Crippen LogP contribution in [0.3, 0.4) is 0 Å². The average Bonchev–Trinajstić information content (AvgIpc) is 2.56. The molecule has 3 aromatic rings. The Morgan fingerprint density at radius 2 is 1.57 bits per heavy atom. The van der Waals surface area contributed by atoms with Gasteiger partial charge in [0.25, 0.3) is 0 Å². The second-order valence-electron chi connectivity index (χ2n) is 5.04. The average molecular weight is 272 g/mol. The number of fused-ring (bicyclic) bond motifs is 1. The Labute approximate surface area is 124 Å². The van der Waals surface area contributed by atoms with Crippen molar-refractivity contribution in [2.75, 3.05) is 0 Å². The molecular formula is C19H16N2. The second kappa shape index (κ2) is 6.21. The van der Waals surface area contributed by atoms with E-state index in [4.69, 9.17) is 0 Å². The Morgan fingerprint density at radius 1 is 0.857 bits per heavy atom. The minimum Gasteiger partial charge on any atom is -0.294 e. The molecule has 2 heteroatoms. The molecule has 0 fully saturated rings. The third-order valence-corrected chi connectivity index (χ3v) is 3.59. The Morgan fingerprint density at radius 3 is 2.33 bits per heavy atom. The highest BCUT2D eigenvalue weighted by Crippen LogP contribution is 2.20. The lowest BCUT2D eigenvalue weighted by atomic mass is 10.0. The van der Waals surface area contributed by atoms with Crippen LogP contribution in [0, 0.1) is 11.3 Å². The van der Waals surface area contributed by atoms with Gasteiger partial charge in [-0.2, -0.15) is 5.26 Å². The van der Waals surface area contributed by atoms with Gasteiger partial charge in [0.2, 0.25) is 0 Å². The molecule has 1 atom stereocenters. The fourth-order valence-corrected chi connectivity index (χ4v) is 2.44. The van der Waals surface area contributed by atoms with E-state index < -0.39 is 0 Å². The minimum atomic E-state index is -0.296. The van der Waals surface area contributed by atoms with Crippen molar-refractivity contribution >= 4 is 10.8 Å².